The summed E-state index contributed by atoms with van der Waals surface area (Å²) in [4.78, 5) is 0. The van der Waals surface area contributed by atoms with E-state index in [0.717, 1.165) is 0 Å². The van der Waals surface area contributed by atoms with Gasteiger partial charge in [0, 0.05) is 63.2 Å². The summed E-state index contributed by atoms with van der Waals surface area (Å²) in [6.07, 6.45) is 0. The van der Waals surface area contributed by atoms with Gasteiger partial charge in [0.1, 0.15) is 0 Å². The molecule has 0 rings (SSSR count). The van der Waals surface area contributed by atoms with Crippen molar-refractivity contribution in [3.05, 3.63) is 14.1 Å². The predicted octanol–water partition coefficient (Wildman–Crippen LogP) is 0.152. The van der Waals surface area contributed by atoms with Gasteiger partial charge >= 0.3 is 0 Å². The summed E-state index contributed by atoms with van der Waals surface area (Å²) in [6, 6.07) is 0. The minimum absolute atomic E-state index is 0. The van der Waals surface area contributed by atoms with Crippen LogP contribution in [0.25, 0.3) is 0 Å². The largest absolute Gasteiger partial charge is 0.623 e. The SMILES string of the molecule is [CH2-]N[CH2-].[W].[W].[W]. The average Bonchev–Trinajstić information content (AvgIpc) is 0.918. The summed E-state index contributed by atoms with van der Waals surface area (Å²) in [5, 5.41) is 2.25. The zero-order valence-electron chi connectivity index (χ0n) is 3.14. The molecule has 0 spiro atoms. The zero-order valence-corrected chi connectivity index (χ0v) is 11.9. The topological polar surface area (TPSA) is 12.0 Å². The molecule has 0 aromatic rings. The molecule has 0 amide bonds. The van der Waals surface area contributed by atoms with E-state index in [4.69, 9.17) is 0 Å². The number of rotatable bonds is 0. The first-order chi connectivity index (χ1) is 1.41. The Morgan fingerprint density at radius 1 is 0.833 bits per heavy atom. The first-order valence-electron chi connectivity index (χ1n) is 0.707. The summed E-state index contributed by atoms with van der Waals surface area (Å²) in [7, 11) is 6.25. The van der Waals surface area contributed by atoms with Crippen LogP contribution in [-0.2, 0) is 63.2 Å². The van der Waals surface area contributed by atoms with Gasteiger partial charge in [-0.25, -0.2) is 0 Å². The molecule has 0 aliphatic rings. The van der Waals surface area contributed by atoms with E-state index in [1.165, 1.54) is 0 Å². The third-order valence-electron chi connectivity index (χ3n) is 0. The van der Waals surface area contributed by atoms with Crippen LogP contribution in [0, 0.1) is 14.1 Å². The Balaban J connectivity index is -0.00000000667. The third kappa shape index (κ3) is 37.1. The first kappa shape index (κ1) is 24.4. The van der Waals surface area contributed by atoms with Crippen molar-refractivity contribution in [1.82, 2.24) is 5.32 Å². The monoisotopic (exact) mass is 595 g/mol. The van der Waals surface area contributed by atoms with Gasteiger partial charge in [-0.1, -0.05) is 0 Å². The van der Waals surface area contributed by atoms with Gasteiger partial charge < -0.3 is 19.4 Å². The van der Waals surface area contributed by atoms with Crippen molar-refractivity contribution in [2.24, 2.45) is 0 Å². The molecule has 0 aliphatic heterocycles. The van der Waals surface area contributed by atoms with Gasteiger partial charge in [-0.05, 0) is 0 Å². The maximum absolute atomic E-state index is 3.12. The standard InChI is InChI=1S/C2H5N.3W/c1-3-2;;;/h3H,1-2H2;;;/q-2;;;. The molecule has 6 heavy (non-hydrogen) atoms. The van der Waals surface area contributed by atoms with Crippen LogP contribution in [0.4, 0.5) is 0 Å². The second-order valence-corrected chi connectivity index (χ2v) is 0.250. The number of hydrogen-bond acceptors (Lipinski definition) is 1. The van der Waals surface area contributed by atoms with Crippen LogP contribution < -0.4 is 5.32 Å². The summed E-state index contributed by atoms with van der Waals surface area (Å²) in [5.41, 5.74) is 0. The summed E-state index contributed by atoms with van der Waals surface area (Å²) in [5.74, 6) is 0. The van der Waals surface area contributed by atoms with Crippen molar-refractivity contribution in [3.63, 3.8) is 0 Å². The molecule has 1 N–H and O–H groups in total. The van der Waals surface area contributed by atoms with Gasteiger partial charge in [-0.2, -0.15) is 0 Å². The Kier molecular flexibility index (Phi) is 114. The van der Waals surface area contributed by atoms with Crippen molar-refractivity contribution in [2.75, 3.05) is 0 Å². The smallest absolute Gasteiger partial charge is 0 e. The minimum Gasteiger partial charge on any atom is -0.623 e. The average molecular weight is 595 g/mol. The van der Waals surface area contributed by atoms with Gasteiger partial charge in [0.15, 0.2) is 0 Å². The Labute approximate surface area is 81.8 Å². The van der Waals surface area contributed by atoms with Crippen molar-refractivity contribution < 1.29 is 63.2 Å². The van der Waals surface area contributed by atoms with Crippen molar-refractivity contribution in [2.45, 2.75) is 0 Å². The quantitative estimate of drug-likeness (QED) is 0.394. The van der Waals surface area contributed by atoms with Crippen LogP contribution in [0.5, 0.6) is 0 Å². The van der Waals surface area contributed by atoms with Crippen LogP contribution in [0.15, 0.2) is 0 Å². The molecule has 0 aliphatic carbocycles. The summed E-state index contributed by atoms with van der Waals surface area (Å²) >= 11 is 0. The van der Waals surface area contributed by atoms with Crippen LogP contribution in [-0.4, -0.2) is 0 Å². The van der Waals surface area contributed by atoms with E-state index in [0.29, 0.717) is 0 Å². The van der Waals surface area contributed by atoms with E-state index in [9.17, 15) is 0 Å². The van der Waals surface area contributed by atoms with Gasteiger partial charge in [-0.15, -0.1) is 0 Å². The molecule has 1 nitrogen and oxygen atoms in total. The Bertz CT molecular complexity index is 8.75. The molecule has 0 saturated heterocycles. The number of nitrogens with one attached hydrogen (secondary N) is 1. The molecule has 0 saturated carbocycles. The molecule has 0 heterocycles. The molecular weight excluding hydrogens is 590 g/mol. The maximum Gasteiger partial charge on any atom is 0 e. The van der Waals surface area contributed by atoms with Crippen LogP contribution in [0.2, 0.25) is 0 Å². The third-order valence-corrected chi connectivity index (χ3v) is 0. The van der Waals surface area contributed by atoms with Gasteiger partial charge in [0.2, 0.25) is 0 Å². The molecule has 0 unspecified atom stereocenters. The molecule has 38 valence electrons. The molecule has 0 aromatic heterocycles. The predicted molar refractivity (Wildman–Crippen MR) is 13.8 cm³/mol. The zero-order chi connectivity index (χ0) is 2.71. The molecular formula is C2H5NW3-2. The normalized spacial score (nSPS) is 3.00. The fourth-order valence-electron chi connectivity index (χ4n) is 0. The van der Waals surface area contributed by atoms with Gasteiger partial charge in [0.25, 0.3) is 0 Å². The van der Waals surface area contributed by atoms with Gasteiger partial charge in [0.05, 0.1) is 0 Å². The minimum atomic E-state index is 0. The van der Waals surface area contributed by atoms with Crippen LogP contribution >= 0.6 is 0 Å². The van der Waals surface area contributed by atoms with Crippen LogP contribution in [0.1, 0.15) is 0 Å². The molecule has 0 aromatic carbocycles. The summed E-state index contributed by atoms with van der Waals surface area (Å²) < 4.78 is 0. The Hall–Kier alpha value is 2.02. The molecule has 4 heteroatoms. The van der Waals surface area contributed by atoms with E-state index in [-0.39, 0.29) is 63.2 Å². The van der Waals surface area contributed by atoms with E-state index >= 15 is 0 Å². The van der Waals surface area contributed by atoms with Crippen molar-refractivity contribution in [3.8, 4) is 0 Å². The molecule has 0 bridgehead atoms. The van der Waals surface area contributed by atoms with E-state index in [2.05, 4.69) is 19.4 Å². The molecule has 0 fully saturated rings. The fraction of sp³-hybridized carbons (Fsp3) is 0. The van der Waals surface area contributed by atoms with E-state index in [1.807, 2.05) is 0 Å². The second kappa shape index (κ2) is 27.9. The molecule has 0 atom stereocenters. The van der Waals surface area contributed by atoms with E-state index in [1.54, 1.807) is 0 Å². The fourth-order valence-corrected chi connectivity index (χ4v) is 0. The Morgan fingerprint density at radius 3 is 0.833 bits per heavy atom. The molecule has 0 radical (unpaired) electrons. The Morgan fingerprint density at radius 2 is 0.833 bits per heavy atom. The first-order valence-corrected chi connectivity index (χ1v) is 0.707. The van der Waals surface area contributed by atoms with Crippen molar-refractivity contribution >= 4 is 0 Å². The number of hydrogen-bond donors (Lipinski definition) is 1. The van der Waals surface area contributed by atoms with Gasteiger partial charge in [-0.3, -0.25) is 0 Å². The van der Waals surface area contributed by atoms with Crippen molar-refractivity contribution in [1.29, 1.82) is 0 Å². The van der Waals surface area contributed by atoms with E-state index < -0.39 is 0 Å². The maximum atomic E-state index is 3.12. The second-order valence-electron chi connectivity index (χ2n) is 0.250. The van der Waals surface area contributed by atoms with Crippen LogP contribution in [0.3, 0.4) is 0 Å². The summed E-state index contributed by atoms with van der Waals surface area (Å²) in [6.45, 7) is 0.